The van der Waals surface area contributed by atoms with E-state index in [1.807, 2.05) is 18.2 Å². The minimum atomic E-state index is -0.590. The smallest absolute Gasteiger partial charge is 0.290 e. The molecule has 1 aromatic heterocycles. The fourth-order valence-electron chi connectivity index (χ4n) is 4.14. The number of fused-ring (bicyclic) bond motifs is 2. The van der Waals surface area contributed by atoms with E-state index in [9.17, 15) is 9.59 Å². The number of amides is 1. The summed E-state index contributed by atoms with van der Waals surface area (Å²) < 4.78 is 17.3. The molecule has 0 bridgehead atoms. The van der Waals surface area contributed by atoms with Gasteiger partial charge in [0.1, 0.15) is 12.2 Å². The van der Waals surface area contributed by atoms with Crippen LogP contribution in [0.15, 0.2) is 75.9 Å². The number of ether oxygens (including phenoxy) is 2. The molecule has 0 radical (unpaired) electrons. The van der Waals surface area contributed by atoms with Gasteiger partial charge in [-0.15, -0.1) is 0 Å². The van der Waals surface area contributed by atoms with Gasteiger partial charge in [0, 0.05) is 12.1 Å². The highest BCUT2D eigenvalue weighted by molar-refractivity contribution is 6.30. The number of para-hydroxylation sites is 1. The number of rotatable bonds is 5. The van der Waals surface area contributed by atoms with Crippen LogP contribution in [-0.2, 0) is 6.61 Å². The normalized spacial score (nSPS) is 15.1. The maximum atomic E-state index is 13.3. The first kappa shape index (κ1) is 21.1. The van der Waals surface area contributed by atoms with Gasteiger partial charge in [-0.25, -0.2) is 0 Å². The highest BCUT2D eigenvalue weighted by atomic mass is 35.5. The molecule has 1 atom stereocenters. The molecule has 1 amide bonds. The molecule has 33 heavy (non-hydrogen) atoms. The van der Waals surface area contributed by atoms with Gasteiger partial charge in [-0.3, -0.25) is 9.59 Å². The average molecular weight is 462 g/mol. The number of halogens is 1. The Morgan fingerprint density at radius 3 is 2.52 bits per heavy atom. The monoisotopic (exact) mass is 461 g/mol. The lowest BCUT2D eigenvalue weighted by Crippen LogP contribution is -2.25. The second-order valence-electron chi connectivity index (χ2n) is 7.81. The van der Waals surface area contributed by atoms with Crippen LogP contribution in [0.2, 0.25) is 5.02 Å². The highest BCUT2D eigenvalue weighted by Gasteiger charge is 2.40. The van der Waals surface area contributed by atoms with Crippen molar-refractivity contribution in [1.82, 2.24) is 4.90 Å². The van der Waals surface area contributed by atoms with Gasteiger partial charge in [0.05, 0.1) is 24.1 Å². The van der Waals surface area contributed by atoms with Gasteiger partial charge in [0.2, 0.25) is 5.76 Å². The van der Waals surface area contributed by atoms with Crippen LogP contribution in [0.25, 0.3) is 11.0 Å². The van der Waals surface area contributed by atoms with Crippen molar-refractivity contribution in [2.75, 3.05) is 14.2 Å². The van der Waals surface area contributed by atoms with E-state index in [1.54, 1.807) is 62.7 Å². The van der Waals surface area contributed by atoms with Crippen LogP contribution in [0.5, 0.6) is 11.5 Å². The van der Waals surface area contributed by atoms with Crippen LogP contribution in [-0.4, -0.2) is 25.0 Å². The molecule has 0 saturated carbocycles. The fraction of sp³-hybridized carbons (Fsp3) is 0.154. The van der Waals surface area contributed by atoms with Crippen molar-refractivity contribution < 1.29 is 18.7 Å². The van der Waals surface area contributed by atoms with Crippen molar-refractivity contribution >= 4 is 28.5 Å². The molecule has 1 aliphatic heterocycles. The fourth-order valence-corrected chi connectivity index (χ4v) is 4.27. The van der Waals surface area contributed by atoms with Gasteiger partial charge in [-0.1, -0.05) is 41.9 Å². The lowest BCUT2D eigenvalue weighted by molar-refractivity contribution is 0.0771. The number of hydrogen-bond donors (Lipinski definition) is 0. The minimum Gasteiger partial charge on any atom is -0.493 e. The van der Waals surface area contributed by atoms with Gasteiger partial charge in [0.15, 0.2) is 16.9 Å². The Morgan fingerprint density at radius 1 is 1.00 bits per heavy atom. The van der Waals surface area contributed by atoms with Crippen molar-refractivity contribution in [3.63, 3.8) is 0 Å². The summed E-state index contributed by atoms with van der Waals surface area (Å²) in [6, 6.07) is 19.1. The van der Waals surface area contributed by atoms with Gasteiger partial charge < -0.3 is 18.8 Å². The summed E-state index contributed by atoms with van der Waals surface area (Å²) in [4.78, 5) is 27.7. The average Bonchev–Trinajstić information content (AvgIpc) is 3.09. The lowest BCUT2D eigenvalue weighted by Gasteiger charge is -2.21. The van der Waals surface area contributed by atoms with E-state index in [4.69, 9.17) is 25.5 Å². The summed E-state index contributed by atoms with van der Waals surface area (Å²) in [7, 11) is 3.21. The van der Waals surface area contributed by atoms with Crippen molar-refractivity contribution in [3.05, 3.63) is 104 Å². The van der Waals surface area contributed by atoms with Gasteiger partial charge in [0.25, 0.3) is 5.91 Å². The molecule has 166 valence electrons. The summed E-state index contributed by atoms with van der Waals surface area (Å²) in [5.74, 6) is 0.794. The van der Waals surface area contributed by atoms with Crippen molar-refractivity contribution in [1.29, 1.82) is 0 Å². The molecule has 6 nitrogen and oxygen atoms in total. The summed E-state index contributed by atoms with van der Waals surface area (Å²) in [5, 5.41) is 1.10. The number of carbonyl (C=O) groups excluding carboxylic acids is 1. The van der Waals surface area contributed by atoms with Crippen molar-refractivity contribution in [3.8, 4) is 11.5 Å². The summed E-state index contributed by atoms with van der Waals surface area (Å²) >= 11 is 5.94. The Bertz CT molecular complexity index is 1430. The quantitative estimate of drug-likeness (QED) is 0.408. The zero-order valence-corrected chi connectivity index (χ0v) is 18.8. The second kappa shape index (κ2) is 8.30. The molecule has 0 N–H and O–H groups in total. The third kappa shape index (κ3) is 3.62. The van der Waals surface area contributed by atoms with Crippen LogP contribution in [0, 0.1) is 0 Å². The van der Waals surface area contributed by atoms with Gasteiger partial charge >= 0.3 is 0 Å². The molecule has 7 heteroatoms. The first-order valence-electron chi connectivity index (χ1n) is 10.4. The number of nitrogens with zero attached hydrogens (tertiary/aromatic N) is 1. The number of methoxy groups -OCH3 is 1. The topological polar surface area (TPSA) is 69.0 Å². The zero-order valence-electron chi connectivity index (χ0n) is 18.0. The molecule has 5 rings (SSSR count). The largest absolute Gasteiger partial charge is 0.493 e. The first-order valence-corrected chi connectivity index (χ1v) is 10.7. The summed E-state index contributed by atoms with van der Waals surface area (Å²) in [5.41, 5.74) is 2.20. The molecule has 2 heterocycles. The van der Waals surface area contributed by atoms with E-state index in [0.29, 0.717) is 39.7 Å². The number of hydrogen-bond acceptors (Lipinski definition) is 5. The van der Waals surface area contributed by atoms with E-state index < -0.39 is 6.04 Å². The summed E-state index contributed by atoms with van der Waals surface area (Å²) in [6.45, 7) is 0.340. The number of carbonyl (C=O) groups is 1. The van der Waals surface area contributed by atoms with Crippen molar-refractivity contribution in [2.45, 2.75) is 12.6 Å². The molecule has 0 aliphatic carbocycles. The van der Waals surface area contributed by atoms with E-state index in [-0.39, 0.29) is 17.1 Å². The Kier molecular flexibility index (Phi) is 5.30. The predicted octanol–water partition coefficient (Wildman–Crippen LogP) is 5.21. The maximum Gasteiger partial charge on any atom is 0.290 e. The van der Waals surface area contributed by atoms with Crippen LogP contribution in [0.1, 0.15) is 33.3 Å². The predicted molar refractivity (Wildman–Crippen MR) is 125 cm³/mol. The minimum absolute atomic E-state index is 0.0771. The van der Waals surface area contributed by atoms with Crippen LogP contribution in [0.4, 0.5) is 0 Å². The highest BCUT2D eigenvalue weighted by Crippen LogP contribution is 2.40. The number of benzene rings is 3. The molecular weight excluding hydrogens is 442 g/mol. The molecule has 0 fully saturated rings. The first-order chi connectivity index (χ1) is 16.0. The van der Waals surface area contributed by atoms with Crippen LogP contribution < -0.4 is 14.9 Å². The molecule has 0 spiro atoms. The van der Waals surface area contributed by atoms with Gasteiger partial charge in [-0.2, -0.15) is 0 Å². The molecule has 3 aromatic carbocycles. The Balaban J connectivity index is 1.52. The molecule has 1 unspecified atom stereocenters. The third-order valence-electron chi connectivity index (χ3n) is 5.82. The standard InChI is InChI=1S/C26H20ClNO5/c1-28-23(22-24(29)18-5-3-4-6-19(18)33-25(22)26(28)30)16-9-12-20(21(13-16)31-2)32-14-15-7-10-17(27)11-8-15/h3-13,23H,14H2,1-2H3. The third-order valence-corrected chi connectivity index (χ3v) is 6.07. The Morgan fingerprint density at radius 2 is 1.76 bits per heavy atom. The maximum absolute atomic E-state index is 13.3. The van der Waals surface area contributed by atoms with Crippen LogP contribution >= 0.6 is 11.6 Å². The Hall–Kier alpha value is -3.77. The molecular formula is C26H20ClNO5. The SMILES string of the molecule is COc1cc(C2c3c(oc4ccccc4c3=O)C(=O)N2C)ccc1OCc1ccc(Cl)cc1. The van der Waals surface area contributed by atoms with Crippen LogP contribution in [0.3, 0.4) is 0 Å². The van der Waals surface area contributed by atoms with Gasteiger partial charge in [-0.05, 0) is 47.5 Å². The Labute approximate surface area is 194 Å². The van der Waals surface area contributed by atoms with E-state index >= 15 is 0 Å². The van der Waals surface area contributed by atoms with E-state index in [2.05, 4.69) is 0 Å². The lowest BCUT2D eigenvalue weighted by atomic mass is 9.98. The zero-order chi connectivity index (χ0) is 23.1. The molecule has 1 aliphatic rings. The van der Waals surface area contributed by atoms with Crippen molar-refractivity contribution in [2.24, 2.45) is 0 Å². The molecule has 0 saturated heterocycles. The molecule has 4 aromatic rings. The van der Waals surface area contributed by atoms with E-state index in [1.165, 1.54) is 4.90 Å². The van der Waals surface area contributed by atoms with E-state index in [0.717, 1.165) is 11.1 Å². The second-order valence-corrected chi connectivity index (χ2v) is 8.25. The summed E-state index contributed by atoms with van der Waals surface area (Å²) in [6.07, 6.45) is 0.